The molecule has 0 spiro atoms. The zero-order chi connectivity index (χ0) is 24.4. The van der Waals surface area contributed by atoms with Crippen LogP contribution in [-0.4, -0.2) is 56.8 Å². The number of alkyl carbamates (subject to hydrolysis) is 1. The molecule has 0 aromatic heterocycles. The maximum atomic E-state index is 12.9. The quantitative estimate of drug-likeness (QED) is 0.314. The van der Waals surface area contributed by atoms with Crippen LogP contribution >= 0.6 is 0 Å². The topological polar surface area (TPSA) is 93.7 Å². The van der Waals surface area contributed by atoms with E-state index in [1.807, 2.05) is 27.7 Å². The van der Waals surface area contributed by atoms with Gasteiger partial charge in [0.25, 0.3) is 0 Å². The lowest BCUT2D eigenvalue weighted by molar-refractivity contribution is -0.146. The molecule has 0 saturated carbocycles. The highest BCUT2D eigenvalue weighted by Gasteiger charge is 2.28. The van der Waals surface area contributed by atoms with E-state index in [9.17, 15) is 14.4 Å². The molecular formula is C23H46N2O5Si. The van der Waals surface area contributed by atoms with Crippen molar-refractivity contribution in [2.75, 3.05) is 13.2 Å². The van der Waals surface area contributed by atoms with Gasteiger partial charge in [-0.15, -0.1) is 0 Å². The summed E-state index contributed by atoms with van der Waals surface area (Å²) in [5.41, 5.74) is -0.643. The van der Waals surface area contributed by atoms with Crippen LogP contribution in [0.1, 0.15) is 61.3 Å². The van der Waals surface area contributed by atoms with Crippen molar-refractivity contribution < 1.29 is 23.9 Å². The smallest absolute Gasteiger partial charge is 0.408 e. The fraction of sp³-hybridized carbons (Fsp3) is 0.870. The maximum Gasteiger partial charge on any atom is 0.408 e. The van der Waals surface area contributed by atoms with Crippen LogP contribution in [0.4, 0.5) is 4.79 Å². The van der Waals surface area contributed by atoms with E-state index in [2.05, 4.69) is 30.3 Å². The third kappa shape index (κ3) is 16.0. The molecular weight excluding hydrogens is 412 g/mol. The van der Waals surface area contributed by atoms with E-state index >= 15 is 0 Å². The van der Waals surface area contributed by atoms with Gasteiger partial charge in [0.1, 0.15) is 11.6 Å². The number of rotatable bonds is 13. The first kappa shape index (κ1) is 29.6. The minimum atomic E-state index is -1.29. The van der Waals surface area contributed by atoms with Crippen LogP contribution in [0.3, 0.4) is 0 Å². The summed E-state index contributed by atoms with van der Waals surface area (Å²) in [5, 5.41) is 5.76. The average Bonchev–Trinajstić information content (AvgIpc) is 2.53. The summed E-state index contributed by atoms with van der Waals surface area (Å²) in [7, 11) is -1.29. The van der Waals surface area contributed by atoms with E-state index in [0.29, 0.717) is 19.4 Å². The first-order valence-corrected chi connectivity index (χ1v) is 15.1. The molecule has 8 heteroatoms. The number of ether oxygens (including phenoxy) is 2. The Morgan fingerprint density at radius 2 is 1.42 bits per heavy atom. The Hall–Kier alpha value is -1.41. The van der Waals surface area contributed by atoms with Gasteiger partial charge in [0.15, 0.2) is 5.78 Å². The Balaban J connectivity index is 5.00. The predicted octanol–water partition coefficient (Wildman–Crippen LogP) is 4.38. The van der Waals surface area contributed by atoms with Gasteiger partial charge in [-0.2, -0.15) is 0 Å². The molecule has 0 fully saturated rings. The number of carbonyl (C=O) groups is 3. The molecule has 0 saturated heterocycles. The third-order valence-corrected chi connectivity index (χ3v) is 6.10. The number of Topliss-reactive ketones (excluding diaryl/α,β-unsaturated/α-hetero) is 1. The molecule has 2 atom stereocenters. The highest BCUT2D eigenvalue weighted by atomic mass is 28.3. The Kier molecular flexibility index (Phi) is 12.6. The summed E-state index contributed by atoms with van der Waals surface area (Å²) in [5.74, 6) is -0.0196. The van der Waals surface area contributed by atoms with E-state index in [1.54, 1.807) is 20.8 Å². The van der Waals surface area contributed by atoms with Crippen LogP contribution in [0, 0.1) is 11.8 Å². The second kappa shape index (κ2) is 13.2. The normalized spacial score (nSPS) is 14.3. The zero-order valence-electron chi connectivity index (χ0n) is 21.4. The molecule has 31 heavy (non-hydrogen) atoms. The van der Waals surface area contributed by atoms with Crippen LogP contribution < -0.4 is 10.6 Å². The van der Waals surface area contributed by atoms with Crippen molar-refractivity contribution in [3.8, 4) is 0 Å². The van der Waals surface area contributed by atoms with Crippen LogP contribution in [-0.2, 0) is 19.1 Å². The molecule has 0 aromatic carbocycles. The summed E-state index contributed by atoms with van der Waals surface area (Å²) in [6.07, 6.45) is 0.457. The monoisotopic (exact) mass is 458 g/mol. The molecule has 2 N–H and O–H groups in total. The molecule has 0 radical (unpaired) electrons. The van der Waals surface area contributed by atoms with Crippen molar-refractivity contribution >= 4 is 25.9 Å². The molecule has 182 valence electrons. The zero-order valence-corrected chi connectivity index (χ0v) is 22.4. The molecule has 0 rings (SSSR count). The fourth-order valence-electron chi connectivity index (χ4n) is 2.83. The number of esters is 1. The molecule has 0 bridgehead atoms. The predicted molar refractivity (Wildman–Crippen MR) is 128 cm³/mol. The Labute approximate surface area is 190 Å². The summed E-state index contributed by atoms with van der Waals surface area (Å²) >= 11 is 0. The number of amides is 1. The number of hydrogen-bond donors (Lipinski definition) is 2. The van der Waals surface area contributed by atoms with Gasteiger partial charge in [-0.25, -0.2) is 4.79 Å². The minimum absolute atomic E-state index is 0.0201. The average molecular weight is 459 g/mol. The maximum absolute atomic E-state index is 12.9. The number of carbonyl (C=O) groups excluding carboxylic acids is 3. The molecule has 0 aliphatic carbocycles. The first-order chi connectivity index (χ1) is 14.0. The summed E-state index contributed by atoms with van der Waals surface area (Å²) < 4.78 is 10.8. The van der Waals surface area contributed by atoms with Gasteiger partial charge in [0, 0.05) is 8.07 Å². The fourth-order valence-corrected chi connectivity index (χ4v) is 3.55. The molecule has 7 nitrogen and oxygen atoms in total. The van der Waals surface area contributed by atoms with Crippen molar-refractivity contribution in [1.82, 2.24) is 10.6 Å². The molecule has 0 heterocycles. The van der Waals surface area contributed by atoms with E-state index in [-0.39, 0.29) is 30.1 Å². The first-order valence-electron chi connectivity index (χ1n) is 11.4. The van der Waals surface area contributed by atoms with Gasteiger partial charge in [-0.3, -0.25) is 14.9 Å². The second-order valence-corrected chi connectivity index (χ2v) is 17.0. The van der Waals surface area contributed by atoms with Crippen molar-refractivity contribution in [1.29, 1.82) is 0 Å². The molecule has 0 aliphatic heterocycles. The van der Waals surface area contributed by atoms with Gasteiger partial charge in [-0.05, 0) is 51.5 Å². The van der Waals surface area contributed by atoms with Gasteiger partial charge in [0.05, 0.1) is 19.2 Å². The van der Waals surface area contributed by atoms with Crippen molar-refractivity contribution in [3.63, 3.8) is 0 Å². The molecule has 0 aliphatic rings. The van der Waals surface area contributed by atoms with E-state index in [0.717, 1.165) is 6.04 Å². The van der Waals surface area contributed by atoms with Crippen molar-refractivity contribution in [2.45, 2.75) is 105 Å². The van der Waals surface area contributed by atoms with Gasteiger partial charge >= 0.3 is 12.1 Å². The van der Waals surface area contributed by atoms with E-state index in [1.165, 1.54) is 0 Å². The van der Waals surface area contributed by atoms with Gasteiger partial charge in [0.2, 0.25) is 0 Å². The largest absolute Gasteiger partial charge is 0.465 e. The molecule has 0 unspecified atom stereocenters. The summed E-state index contributed by atoms with van der Waals surface area (Å²) in [6, 6.07) is -0.320. The SMILES string of the molecule is CC(C)C[C@H](NC(=O)OC(C)(C)C)C(=O)CN[C@@H](CC(C)C)C(=O)OCC[Si](C)(C)C. The highest BCUT2D eigenvalue weighted by Crippen LogP contribution is 2.12. The van der Waals surface area contributed by atoms with Crippen LogP contribution in [0.5, 0.6) is 0 Å². The minimum Gasteiger partial charge on any atom is -0.465 e. The number of ketones is 1. The van der Waals surface area contributed by atoms with E-state index < -0.39 is 31.9 Å². The Bertz CT molecular complexity index is 579. The van der Waals surface area contributed by atoms with Crippen LogP contribution in [0.15, 0.2) is 0 Å². The molecule has 1 amide bonds. The Morgan fingerprint density at radius 1 is 0.903 bits per heavy atom. The van der Waals surface area contributed by atoms with Crippen molar-refractivity contribution in [2.24, 2.45) is 11.8 Å². The van der Waals surface area contributed by atoms with Crippen LogP contribution in [0.25, 0.3) is 0 Å². The number of nitrogens with one attached hydrogen (secondary N) is 2. The summed E-state index contributed by atoms with van der Waals surface area (Å²) in [6.45, 7) is 20.4. The lowest BCUT2D eigenvalue weighted by atomic mass is 9.99. The third-order valence-electron chi connectivity index (χ3n) is 4.40. The van der Waals surface area contributed by atoms with Gasteiger partial charge < -0.3 is 14.8 Å². The highest BCUT2D eigenvalue weighted by molar-refractivity contribution is 6.76. The van der Waals surface area contributed by atoms with E-state index in [4.69, 9.17) is 9.47 Å². The molecule has 0 aromatic rings. The van der Waals surface area contributed by atoms with Gasteiger partial charge in [-0.1, -0.05) is 47.3 Å². The second-order valence-electron chi connectivity index (χ2n) is 11.3. The summed E-state index contributed by atoms with van der Waals surface area (Å²) in [4.78, 5) is 37.6. The lowest BCUT2D eigenvalue weighted by Crippen LogP contribution is -2.49. The number of hydrogen-bond acceptors (Lipinski definition) is 6. The standard InChI is InChI=1S/C23H46N2O5Si/c1-16(2)13-18(25-22(28)30-23(5,6)7)20(26)15-24-19(14-17(3)4)21(27)29-11-12-31(8,9)10/h16-19,24H,11-15H2,1-10H3,(H,25,28)/t18-,19-/m0/s1. The Morgan fingerprint density at radius 3 is 1.87 bits per heavy atom. The van der Waals surface area contributed by atoms with Crippen LogP contribution in [0.2, 0.25) is 25.7 Å². The van der Waals surface area contributed by atoms with Crippen molar-refractivity contribution in [3.05, 3.63) is 0 Å². The lowest BCUT2D eigenvalue weighted by Gasteiger charge is -2.25.